The molecule has 5 heteroatoms. The molecule has 0 bridgehead atoms. The van der Waals surface area contributed by atoms with Crippen LogP contribution in [0.25, 0.3) is 11.0 Å². The number of ether oxygens (including phenoxy) is 1. The summed E-state index contributed by atoms with van der Waals surface area (Å²) in [6.07, 6.45) is 1.83. The predicted octanol–water partition coefficient (Wildman–Crippen LogP) is 2.00. The summed E-state index contributed by atoms with van der Waals surface area (Å²) < 4.78 is 10.5. The molecule has 1 heterocycles. The van der Waals surface area contributed by atoms with Crippen LogP contribution in [0.3, 0.4) is 0 Å². The third-order valence-corrected chi connectivity index (χ3v) is 2.83. The van der Waals surface area contributed by atoms with Crippen LogP contribution in [0.1, 0.15) is 5.56 Å². The fourth-order valence-electron chi connectivity index (χ4n) is 1.70. The number of furan rings is 1. The molecule has 0 saturated heterocycles. The van der Waals surface area contributed by atoms with Crippen molar-refractivity contribution in [3.05, 3.63) is 30.0 Å². The molecule has 2 rings (SSSR count). The van der Waals surface area contributed by atoms with E-state index in [1.165, 1.54) is 12.2 Å². The summed E-state index contributed by atoms with van der Waals surface area (Å²) in [5.74, 6) is 0.597. The molecule has 1 amide bonds. The molecule has 5 nitrogen and oxygen atoms in total. The van der Waals surface area contributed by atoms with Crippen molar-refractivity contribution in [2.75, 3.05) is 21.3 Å². The topological polar surface area (TPSA) is 51.9 Å². The Labute approximate surface area is 105 Å². The van der Waals surface area contributed by atoms with Crippen molar-refractivity contribution in [1.82, 2.24) is 5.06 Å². The van der Waals surface area contributed by atoms with Crippen molar-refractivity contribution < 1.29 is 18.8 Å². The summed E-state index contributed by atoms with van der Waals surface area (Å²) >= 11 is 0. The van der Waals surface area contributed by atoms with Gasteiger partial charge in [-0.2, -0.15) is 0 Å². The number of hydroxylamine groups is 2. The lowest BCUT2D eigenvalue weighted by Gasteiger charge is -2.12. The minimum atomic E-state index is -0.129. The van der Waals surface area contributed by atoms with Crippen LogP contribution in [0.15, 0.2) is 28.9 Å². The molecule has 96 valence electrons. The van der Waals surface area contributed by atoms with Crippen LogP contribution in [0, 0.1) is 0 Å². The van der Waals surface area contributed by atoms with Gasteiger partial charge in [-0.05, 0) is 12.1 Å². The Morgan fingerprint density at radius 2 is 2.17 bits per heavy atom. The monoisotopic (exact) mass is 249 g/mol. The zero-order chi connectivity index (χ0) is 13.1. The zero-order valence-corrected chi connectivity index (χ0v) is 10.6. The molecule has 18 heavy (non-hydrogen) atoms. The number of methoxy groups -OCH3 is 1. The zero-order valence-electron chi connectivity index (χ0n) is 10.6. The minimum absolute atomic E-state index is 0.129. The normalized spacial score (nSPS) is 10.6. The van der Waals surface area contributed by atoms with E-state index in [9.17, 15) is 4.79 Å². The van der Waals surface area contributed by atoms with E-state index in [1.807, 2.05) is 12.1 Å². The van der Waals surface area contributed by atoms with Gasteiger partial charge in [0.2, 0.25) is 5.91 Å². The van der Waals surface area contributed by atoms with E-state index in [4.69, 9.17) is 14.0 Å². The molecule has 1 aromatic carbocycles. The Hall–Kier alpha value is -2.01. The van der Waals surface area contributed by atoms with Crippen LogP contribution >= 0.6 is 0 Å². The van der Waals surface area contributed by atoms with E-state index < -0.39 is 0 Å². The molecule has 0 aliphatic carbocycles. The highest BCUT2D eigenvalue weighted by molar-refractivity contribution is 5.87. The van der Waals surface area contributed by atoms with E-state index >= 15 is 0 Å². The first kappa shape index (κ1) is 12.4. The first-order valence-electron chi connectivity index (χ1n) is 5.50. The molecule has 0 aliphatic rings. The van der Waals surface area contributed by atoms with E-state index in [1.54, 1.807) is 26.5 Å². The largest absolute Gasteiger partial charge is 0.497 e. The number of likely N-dealkylation sites (N-methyl/N-ethyl adjacent to an activating group) is 1. The SMILES string of the molecule is COc1ccc2c(CC(=O)N(C)OC)coc2c1. The Morgan fingerprint density at radius 1 is 1.39 bits per heavy atom. The van der Waals surface area contributed by atoms with Crippen LogP contribution < -0.4 is 4.74 Å². The van der Waals surface area contributed by atoms with Crippen molar-refractivity contribution in [1.29, 1.82) is 0 Å². The second-order valence-corrected chi connectivity index (χ2v) is 3.87. The van der Waals surface area contributed by atoms with Crippen molar-refractivity contribution >= 4 is 16.9 Å². The highest BCUT2D eigenvalue weighted by Gasteiger charge is 2.14. The van der Waals surface area contributed by atoms with Gasteiger partial charge in [0.1, 0.15) is 11.3 Å². The molecule has 1 aromatic heterocycles. The fraction of sp³-hybridized carbons (Fsp3) is 0.308. The minimum Gasteiger partial charge on any atom is -0.497 e. The number of rotatable bonds is 4. The van der Waals surface area contributed by atoms with Gasteiger partial charge in [-0.15, -0.1) is 0 Å². The van der Waals surface area contributed by atoms with Gasteiger partial charge in [-0.25, -0.2) is 5.06 Å². The maximum absolute atomic E-state index is 11.7. The van der Waals surface area contributed by atoms with Crippen LogP contribution in [-0.4, -0.2) is 32.2 Å². The molecule has 0 unspecified atom stereocenters. The smallest absolute Gasteiger partial charge is 0.250 e. The van der Waals surface area contributed by atoms with Crippen molar-refractivity contribution in [3.63, 3.8) is 0 Å². The van der Waals surface area contributed by atoms with Gasteiger partial charge in [-0.3, -0.25) is 9.63 Å². The number of carbonyl (C=O) groups excluding carboxylic acids is 1. The first-order valence-corrected chi connectivity index (χ1v) is 5.50. The predicted molar refractivity (Wildman–Crippen MR) is 66.2 cm³/mol. The maximum Gasteiger partial charge on any atom is 0.250 e. The summed E-state index contributed by atoms with van der Waals surface area (Å²) in [5.41, 5.74) is 1.54. The highest BCUT2D eigenvalue weighted by Crippen LogP contribution is 2.26. The lowest BCUT2D eigenvalue weighted by molar-refractivity contribution is -0.167. The summed E-state index contributed by atoms with van der Waals surface area (Å²) in [7, 11) is 4.63. The maximum atomic E-state index is 11.7. The molecular weight excluding hydrogens is 234 g/mol. The average Bonchev–Trinajstić information content (AvgIpc) is 2.80. The third kappa shape index (κ3) is 2.31. The second-order valence-electron chi connectivity index (χ2n) is 3.87. The molecule has 0 spiro atoms. The number of nitrogens with zero attached hydrogens (tertiary/aromatic N) is 1. The van der Waals surface area contributed by atoms with Gasteiger partial charge in [0.15, 0.2) is 0 Å². The number of amides is 1. The van der Waals surface area contributed by atoms with Crippen molar-refractivity contribution in [2.24, 2.45) is 0 Å². The molecule has 2 aromatic rings. The van der Waals surface area contributed by atoms with E-state index in [0.717, 1.165) is 16.7 Å². The molecular formula is C13H15NO4. The summed E-state index contributed by atoms with van der Waals surface area (Å²) in [6.45, 7) is 0. The average molecular weight is 249 g/mol. The number of carbonyl (C=O) groups is 1. The molecule has 0 radical (unpaired) electrons. The van der Waals surface area contributed by atoms with Gasteiger partial charge < -0.3 is 9.15 Å². The van der Waals surface area contributed by atoms with Gasteiger partial charge in [-0.1, -0.05) is 0 Å². The summed E-state index contributed by atoms with van der Waals surface area (Å²) in [6, 6.07) is 5.52. The van der Waals surface area contributed by atoms with E-state index in [-0.39, 0.29) is 12.3 Å². The van der Waals surface area contributed by atoms with Crippen LogP contribution in [0.2, 0.25) is 0 Å². The van der Waals surface area contributed by atoms with E-state index in [2.05, 4.69) is 0 Å². The lowest BCUT2D eigenvalue weighted by atomic mass is 10.1. The highest BCUT2D eigenvalue weighted by atomic mass is 16.7. The number of fused-ring (bicyclic) bond motifs is 1. The molecule has 0 saturated carbocycles. The number of hydrogen-bond donors (Lipinski definition) is 0. The Balaban J connectivity index is 2.27. The van der Waals surface area contributed by atoms with Crippen molar-refractivity contribution in [3.8, 4) is 5.75 Å². The molecule has 0 fully saturated rings. The third-order valence-electron chi connectivity index (χ3n) is 2.83. The number of benzene rings is 1. The van der Waals surface area contributed by atoms with Crippen LogP contribution in [0.4, 0.5) is 0 Å². The van der Waals surface area contributed by atoms with Gasteiger partial charge in [0.05, 0.1) is 26.9 Å². The number of hydrogen-bond acceptors (Lipinski definition) is 4. The Bertz CT molecular complexity index is 561. The van der Waals surface area contributed by atoms with Crippen LogP contribution in [0.5, 0.6) is 5.75 Å². The first-order chi connectivity index (χ1) is 8.65. The molecule has 0 atom stereocenters. The van der Waals surface area contributed by atoms with Gasteiger partial charge in [0, 0.05) is 24.1 Å². The fourth-order valence-corrected chi connectivity index (χ4v) is 1.70. The van der Waals surface area contributed by atoms with Gasteiger partial charge >= 0.3 is 0 Å². The molecule has 0 N–H and O–H groups in total. The Morgan fingerprint density at radius 3 is 2.83 bits per heavy atom. The molecule has 0 aliphatic heterocycles. The standard InChI is InChI=1S/C13H15NO4/c1-14(17-3)13(15)6-9-8-18-12-7-10(16-2)4-5-11(9)12/h4-5,7-8H,6H2,1-3H3. The van der Waals surface area contributed by atoms with E-state index in [0.29, 0.717) is 5.58 Å². The quantitative estimate of drug-likeness (QED) is 0.778. The van der Waals surface area contributed by atoms with Crippen molar-refractivity contribution in [2.45, 2.75) is 6.42 Å². The van der Waals surface area contributed by atoms with Gasteiger partial charge in [0.25, 0.3) is 0 Å². The summed E-state index contributed by atoms with van der Waals surface area (Å²) in [5, 5.41) is 2.11. The summed E-state index contributed by atoms with van der Waals surface area (Å²) in [4.78, 5) is 16.6. The second kappa shape index (κ2) is 5.10. The Kier molecular flexibility index (Phi) is 3.53. The lowest BCUT2D eigenvalue weighted by Crippen LogP contribution is -2.26. The van der Waals surface area contributed by atoms with Crippen LogP contribution in [-0.2, 0) is 16.1 Å².